The zero-order valence-corrected chi connectivity index (χ0v) is 15.2. The van der Waals surface area contributed by atoms with E-state index in [1.54, 1.807) is 32.0 Å². The molecule has 6 heteroatoms. The number of amidine groups is 1. The number of nitrogens with one attached hydrogen (secondary N) is 1. The Balaban J connectivity index is 2.05. The van der Waals surface area contributed by atoms with Crippen LogP contribution in [0.15, 0.2) is 53.5 Å². The molecular weight excluding hydrogens is 340 g/mol. The standard InChI is InChI=1S/C21H20N4O2/c1-21(2)20(26)19(16-10-15(12-22)8-9-17(16)27-21)25-18(24-13-23)11-14-6-4-3-5-7-14/h3-10,19-20,26H,11H2,1-2H3,(H,24,25)/t19-,20+/m0/s1. The van der Waals surface area contributed by atoms with Crippen molar-refractivity contribution in [2.45, 2.75) is 38.0 Å². The molecule has 27 heavy (non-hydrogen) atoms. The predicted octanol–water partition coefficient (Wildman–Crippen LogP) is 2.84. The van der Waals surface area contributed by atoms with Gasteiger partial charge >= 0.3 is 0 Å². The van der Waals surface area contributed by atoms with Gasteiger partial charge in [0.2, 0.25) is 0 Å². The molecule has 0 unspecified atom stereocenters. The van der Waals surface area contributed by atoms with Crippen LogP contribution in [-0.2, 0) is 6.42 Å². The molecule has 0 aromatic heterocycles. The van der Waals surface area contributed by atoms with Gasteiger partial charge in [-0.25, -0.2) is 0 Å². The van der Waals surface area contributed by atoms with Crippen molar-refractivity contribution in [3.8, 4) is 18.0 Å². The number of nitriles is 2. The molecule has 0 aliphatic carbocycles. The number of aliphatic hydroxyl groups excluding tert-OH is 1. The molecule has 0 amide bonds. The topological polar surface area (TPSA) is 101 Å². The van der Waals surface area contributed by atoms with Crippen molar-refractivity contribution >= 4 is 5.84 Å². The fraction of sp³-hybridized carbons (Fsp3) is 0.286. The maximum Gasteiger partial charge on any atom is 0.182 e. The number of nitrogens with zero attached hydrogens (tertiary/aromatic N) is 3. The lowest BCUT2D eigenvalue weighted by Gasteiger charge is -2.40. The molecule has 6 nitrogen and oxygen atoms in total. The molecule has 0 saturated carbocycles. The molecule has 2 aromatic carbocycles. The predicted molar refractivity (Wildman–Crippen MR) is 101 cm³/mol. The highest BCUT2D eigenvalue weighted by molar-refractivity contribution is 5.86. The van der Waals surface area contributed by atoms with Crippen molar-refractivity contribution in [2.24, 2.45) is 4.99 Å². The Morgan fingerprint density at radius 2 is 1.96 bits per heavy atom. The summed E-state index contributed by atoms with van der Waals surface area (Å²) in [7, 11) is 0. The van der Waals surface area contributed by atoms with E-state index >= 15 is 0 Å². The Morgan fingerprint density at radius 3 is 2.63 bits per heavy atom. The van der Waals surface area contributed by atoms with Gasteiger partial charge in [0.25, 0.3) is 0 Å². The second kappa shape index (κ2) is 7.49. The zero-order chi connectivity index (χ0) is 19.4. The van der Waals surface area contributed by atoms with Crippen LogP contribution in [-0.4, -0.2) is 22.6 Å². The molecule has 1 aliphatic heterocycles. The van der Waals surface area contributed by atoms with Crippen molar-refractivity contribution in [2.75, 3.05) is 0 Å². The Bertz CT molecular complexity index is 939. The summed E-state index contributed by atoms with van der Waals surface area (Å²) in [6, 6.07) is 16.2. The molecule has 1 heterocycles. The van der Waals surface area contributed by atoms with Gasteiger partial charge in [0.05, 0.1) is 11.6 Å². The highest BCUT2D eigenvalue weighted by atomic mass is 16.5. The van der Waals surface area contributed by atoms with Crippen LogP contribution in [0.2, 0.25) is 0 Å². The van der Waals surface area contributed by atoms with Crippen LogP contribution in [0.4, 0.5) is 0 Å². The smallest absolute Gasteiger partial charge is 0.182 e. The van der Waals surface area contributed by atoms with Crippen LogP contribution in [0.1, 0.15) is 36.6 Å². The van der Waals surface area contributed by atoms with Gasteiger partial charge in [-0.05, 0) is 37.6 Å². The van der Waals surface area contributed by atoms with Gasteiger partial charge in [-0.15, -0.1) is 0 Å². The minimum Gasteiger partial charge on any atom is -0.485 e. The summed E-state index contributed by atoms with van der Waals surface area (Å²) in [5.74, 6) is 1.02. The van der Waals surface area contributed by atoms with Gasteiger partial charge in [0.1, 0.15) is 29.3 Å². The lowest BCUT2D eigenvalue weighted by molar-refractivity contribution is -0.0567. The molecule has 3 rings (SSSR count). The normalized spacial score (nSPS) is 20.6. The number of rotatable bonds is 3. The van der Waals surface area contributed by atoms with Crippen LogP contribution in [0, 0.1) is 22.8 Å². The molecule has 0 spiro atoms. The van der Waals surface area contributed by atoms with E-state index < -0.39 is 17.7 Å². The lowest BCUT2D eigenvalue weighted by Crippen LogP contribution is -2.48. The quantitative estimate of drug-likeness (QED) is 0.379. The second-order valence-corrected chi connectivity index (χ2v) is 6.93. The Morgan fingerprint density at radius 1 is 1.22 bits per heavy atom. The maximum absolute atomic E-state index is 10.9. The lowest BCUT2D eigenvalue weighted by atomic mass is 9.86. The molecule has 0 bridgehead atoms. The van der Waals surface area contributed by atoms with Crippen molar-refractivity contribution < 1.29 is 9.84 Å². The number of aliphatic hydroxyl groups is 1. The average Bonchev–Trinajstić information content (AvgIpc) is 2.66. The van der Waals surface area contributed by atoms with E-state index in [-0.39, 0.29) is 0 Å². The first-order valence-electron chi connectivity index (χ1n) is 8.61. The number of ether oxygens (including phenoxy) is 1. The summed E-state index contributed by atoms with van der Waals surface area (Å²) in [5, 5.41) is 31.8. The van der Waals surface area contributed by atoms with Gasteiger partial charge in [-0.1, -0.05) is 30.3 Å². The summed E-state index contributed by atoms with van der Waals surface area (Å²) >= 11 is 0. The van der Waals surface area contributed by atoms with E-state index in [0.29, 0.717) is 29.1 Å². The van der Waals surface area contributed by atoms with Crippen LogP contribution in [0.25, 0.3) is 0 Å². The van der Waals surface area contributed by atoms with Gasteiger partial charge in [0.15, 0.2) is 6.19 Å². The first kappa shape index (κ1) is 18.4. The Hall–Kier alpha value is -3.35. The van der Waals surface area contributed by atoms with Crippen molar-refractivity contribution in [3.63, 3.8) is 0 Å². The largest absolute Gasteiger partial charge is 0.485 e. The Labute approximate surface area is 158 Å². The van der Waals surface area contributed by atoms with Crippen LogP contribution >= 0.6 is 0 Å². The summed E-state index contributed by atoms with van der Waals surface area (Å²) in [6.45, 7) is 3.58. The fourth-order valence-electron chi connectivity index (χ4n) is 3.12. The Kier molecular flexibility index (Phi) is 5.12. The number of aliphatic imine (C=N–C) groups is 1. The number of fused-ring (bicyclic) bond motifs is 1. The van der Waals surface area contributed by atoms with Crippen molar-refractivity contribution in [1.29, 1.82) is 10.5 Å². The monoisotopic (exact) mass is 360 g/mol. The SMILES string of the molecule is CC1(C)Oc2ccc(C#N)cc2[C@H](N=C(Cc2ccccc2)NC#N)[C@H]1O. The van der Waals surface area contributed by atoms with E-state index in [4.69, 9.17) is 10.00 Å². The molecule has 2 aromatic rings. The maximum atomic E-state index is 10.9. The van der Waals surface area contributed by atoms with E-state index in [1.165, 1.54) is 0 Å². The summed E-state index contributed by atoms with van der Waals surface area (Å²) in [6.07, 6.45) is 1.40. The molecule has 1 aliphatic rings. The van der Waals surface area contributed by atoms with Gasteiger partial charge < -0.3 is 9.84 Å². The third-order valence-corrected chi connectivity index (χ3v) is 4.55. The summed E-state index contributed by atoms with van der Waals surface area (Å²) < 4.78 is 5.91. The number of hydrogen-bond acceptors (Lipinski definition) is 5. The second-order valence-electron chi connectivity index (χ2n) is 6.93. The molecule has 0 fully saturated rings. The first-order chi connectivity index (χ1) is 12.9. The van der Waals surface area contributed by atoms with Gasteiger partial charge in [0, 0.05) is 12.0 Å². The summed E-state index contributed by atoms with van der Waals surface area (Å²) in [4.78, 5) is 4.66. The zero-order valence-electron chi connectivity index (χ0n) is 15.2. The first-order valence-corrected chi connectivity index (χ1v) is 8.61. The van der Waals surface area contributed by atoms with Gasteiger partial charge in [-0.2, -0.15) is 10.5 Å². The minimum absolute atomic E-state index is 0.423. The molecule has 136 valence electrons. The van der Waals surface area contributed by atoms with Crippen LogP contribution < -0.4 is 10.1 Å². The van der Waals surface area contributed by atoms with Crippen LogP contribution in [0.3, 0.4) is 0 Å². The summed E-state index contributed by atoms with van der Waals surface area (Å²) in [5.41, 5.74) is 1.22. The molecule has 2 atom stereocenters. The van der Waals surface area contributed by atoms with Crippen molar-refractivity contribution in [3.05, 3.63) is 65.2 Å². The fourth-order valence-corrected chi connectivity index (χ4v) is 3.12. The molecule has 0 radical (unpaired) electrons. The van der Waals surface area contributed by atoms with Crippen LogP contribution in [0.5, 0.6) is 5.75 Å². The van der Waals surface area contributed by atoms with E-state index in [1.807, 2.05) is 36.5 Å². The third-order valence-electron chi connectivity index (χ3n) is 4.55. The minimum atomic E-state index is -0.940. The van der Waals surface area contributed by atoms with Crippen molar-refractivity contribution in [1.82, 2.24) is 5.32 Å². The third kappa shape index (κ3) is 3.92. The molecule has 2 N–H and O–H groups in total. The number of hydrogen-bond donors (Lipinski definition) is 2. The van der Waals surface area contributed by atoms with E-state index in [9.17, 15) is 10.4 Å². The molecular formula is C21H20N4O2. The highest BCUT2D eigenvalue weighted by Crippen LogP contribution is 2.42. The van der Waals surface area contributed by atoms with E-state index in [0.717, 1.165) is 5.56 Å². The number of benzene rings is 2. The molecule has 0 saturated heterocycles. The van der Waals surface area contributed by atoms with Gasteiger partial charge in [-0.3, -0.25) is 10.3 Å². The van der Waals surface area contributed by atoms with E-state index in [2.05, 4.69) is 16.4 Å². The average molecular weight is 360 g/mol. The highest BCUT2D eigenvalue weighted by Gasteiger charge is 2.43.